The molecule has 0 bridgehead atoms. The van der Waals surface area contributed by atoms with E-state index in [0.717, 1.165) is 89.4 Å². The Morgan fingerprint density at radius 3 is 1.63 bits per heavy atom. The largest absolute Gasteiger partial charge is 0.456 e. The summed E-state index contributed by atoms with van der Waals surface area (Å²) in [6, 6.07) is 78.0. The minimum atomic E-state index is 0.555. The molecule has 0 saturated heterocycles. The predicted molar refractivity (Wildman–Crippen MR) is 247 cm³/mol. The molecule has 0 saturated carbocycles. The van der Waals surface area contributed by atoms with Gasteiger partial charge in [0.2, 0.25) is 5.89 Å². The molecule has 2 aromatic heterocycles. The Bertz CT molecular complexity index is 3250. The second-order valence-corrected chi connectivity index (χ2v) is 14.8. The summed E-state index contributed by atoms with van der Waals surface area (Å²) in [4.78, 5) is 9.84. The first-order valence-corrected chi connectivity index (χ1v) is 20.1. The van der Waals surface area contributed by atoms with Gasteiger partial charge in [0.05, 0.1) is 17.1 Å². The van der Waals surface area contributed by atoms with Gasteiger partial charge in [-0.25, -0.2) is 4.98 Å². The lowest BCUT2D eigenvalue weighted by Crippen LogP contribution is -2.14. The standard InChI is InChI=1S/C55H37N3O2/c1-5-17-38(18-6-1)39-29-31-43(32-30-39)57(42-23-11-4-12-24-42)51-37-45(36-49-54(51)60-55(56-49)41-21-9-3-10-22-41)58(50-27-15-13-25-46(50)40-19-7-2-8-20-40)44-33-34-53-48(35-44)47-26-14-16-28-52(47)59-53/h1-37H. The van der Waals surface area contributed by atoms with Crippen molar-refractivity contribution in [1.82, 2.24) is 4.98 Å². The van der Waals surface area contributed by atoms with Crippen molar-refractivity contribution in [1.29, 1.82) is 0 Å². The minimum absolute atomic E-state index is 0.555. The van der Waals surface area contributed by atoms with E-state index in [1.165, 1.54) is 0 Å². The molecule has 0 radical (unpaired) electrons. The monoisotopic (exact) mass is 771 g/mol. The average Bonchev–Trinajstić information content (AvgIpc) is 3.93. The number of fused-ring (bicyclic) bond motifs is 4. The molecule has 284 valence electrons. The topological polar surface area (TPSA) is 45.7 Å². The third-order valence-corrected chi connectivity index (χ3v) is 11.1. The van der Waals surface area contributed by atoms with Crippen LogP contribution in [0.25, 0.3) is 66.7 Å². The highest BCUT2D eigenvalue weighted by Crippen LogP contribution is 2.48. The highest BCUT2D eigenvalue weighted by Gasteiger charge is 2.26. The molecule has 0 fully saturated rings. The van der Waals surface area contributed by atoms with Crippen molar-refractivity contribution in [2.45, 2.75) is 0 Å². The number of para-hydroxylation sites is 3. The lowest BCUT2D eigenvalue weighted by atomic mass is 10.0. The molecule has 0 amide bonds. The first-order chi connectivity index (χ1) is 29.7. The van der Waals surface area contributed by atoms with Crippen molar-refractivity contribution in [3.05, 3.63) is 224 Å². The molecular weight excluding hydrogens is 735 g/mol. The summed E-state index contributed by atoms with van der Waals surface area (Å²) in [6.45, 7) is 0. The van der Waals surface area contributed by atoms with E-state index in [1.807, 2.05) is 54.6 Å². The molecule has 5 nitrogen and oxygen atoms in total. The van der Waals surface area contributed by atoms with Gasteiger partial charge in [-0.3, -0.25) is 0 Å². The van der Waals surface area contributed by atoms with Crippen LogP contribution in [0.2, 0.25) is 0 Å². The normalized spacial score (nSPS) is 11.3. The van der Waals surface area contributed by atoms with Crippen LogP contribution in [0.3, 0.4) is 0 Å². The van der Waals surface area contributed by atoms with Gasteiger partial charge in [0, 0.05) is 39.0 Å². The van der Waals surface area contributed by atoms with Crippen LogP contribution in [0.1, 0.15) is 0 Å². The summed E-state index contributed by atoms with van der Waals surface area (Å²) >= 11 is 0. The number of furan rings is 1. The first kappa shape index (κ1) is 35.0. The average molecular weight is 772 g/mol. The van der Waals surface area contributed by atoms with Gasteiger partial charge >= 0.3 is 0 Å². The summed E-state index contributed by atoms with van der Waals surface area (Å²) in [5.74, 6) is 0.555. The van der Waals surface area contributed by atoms with Gasteiger partial charge in [-0.2, -0.15) is 0 Å². The van der Waals surface area contributed by atoms with E-state index in [4.69, 9.17) is 13.8 Å². The number of aromatic nitrogens is 1. The summed E-state index contributed by atoms with van der Waals surface area (Å²) < 4.78 is 13.2. The van der Waals surface area contributed by atoms with E-state index in [1.54, 1.807) is 0 Å². The van der Waals surface area contributed by atoms with Crippen LogP contribution in [0.4, 0.5) is 34.1 Å². The molecule has 11 aromatic rings. The Morgan fingerprint density at radius 1 is 0.333 bits per heavy atom. The SMILES string of the molecule is c1ccc(-c2ccc(N(c3ccccc3)c3cc(N(c4ccc5oc6ccccc6c5c4)c4ccccc4-c4ccccc4)cc4nc(-c5ccccc5)oc34)cc2)cc1. The predicted octanol–water partition coefficient (Wildman–Crippen LogP) is 15.7. The van der Waals surface area contributed by atoms with Gasteiger partial charge in [0.15, 0.2) is 5.58 Å². The number of hydrogen-bond acceptors (Lipinski definition) is 5. The van der Waals surface area contributed by atoms with Crippen molar-refractivity contribution in [3.8, 4) is 33.7 Å². The number of rotatable bonds is 9. The second-order valence-electron chi connectivity index (χ2n) is 14.8. The van der Waals surface area contributed by atoms with E-state index in [2.05, 4.69) is 180 Å². The second kappa shape index (κ2) is 15.0. The zero-order valence-electron chi connectivity index (χ0n) is 32.5. The summed E-state index contributed by atoms with van der Waals surface area (Å²) in [5.41, 5.74) is 14.3. The molecule has 60 heavy (non-hydrogen) atoms. The van der Waals surface area contributed by atoms with Crippen molar-refractivity contribution in [3.63, 3.8) is 0 Å². The number of hydrogen-bond donors (Lipinski definition) is 0. The number of anilines is 6. The van der Waals surface area contributed by atoms with Gasteiger partial charge in [-0.15, -0.1) is 0 Å². The molecular formula is C55H37N3O2. The maximum absolute atomic E-state index is 6.85. The van der Waals surface area contributed by atoms with E-state index < -0.39 is 0 Å². The minimum Gasteiger partial charge on any atom is -0.456 e. The Hall–Kier alpha value is -8.15. The molecule has 0 aliphatic carbocycles. The number of oxazole rings is 1. The maximum Gasteiger partial charge on any atom is 0.227 e. The van der Waals surface area contributed by atoms with Crippen LogP contribution in [0.5, 0.6) is 0 Å². The molecule has 2 heterocycles. The summed E-state index contributed by atoms with van der Waals surface area (Å²) in [7, 11) is 0. The fourth-order valence-electron chi connectivity index (χ4n) is 8.25. The maximum atomic E-state index is 6.85. The van der Waals surface area contributed by atoms with Gasteiger partial charge < -0.3 is 18.6 Å². The van der Waals surface area contributed by atoms with Crippen LogP contribution in [0.15, 0.2) is 233 Å². The highest BCUT2D eigenvalue weighted by atomic mass is 16.3. The number of benzene rings is 9. The zero-order chi connectivity index (χ0) is 39.8. The third-order valence-electron chi connectivity index (χ3n) is 11.1. The van der Waals surface area contributed by atoms with Crippen LogP contribution < -0.4 is 9.80 Å². The van der Waals surface area contributed by atoms with E-state index in [-0.39, 0.29) is 0 Å². The first-order valence-electron chi connectivity index (χ1n) is 20.1. The molecule has 0 N–H and O–H groups in total. The van der Waals surface area contributed by atoms with Crippen LogP contribution in [-0.4, -0.2) is 4.98 Å². The molecule has 0 atom stereocenters. The molecule has 0 spiro atoms. The molecule has 0 aliphatic rings. The Labute approximate surface area is 347 Å². The summed E-state index contributed by atoms with van der Waals surface area (Å²) in [5, 5.41) is 2.11. The van der Waals surface area contributed by atoms with Crippen LogP contribution in [-0.2, 0) is 0 Å². The molecule has 0 aliphatic heterocycles. The molecule has 9 aromatic carbocycles. The Balaban J connectivity index is 1.19. The van der Waals surface area contributed by atoms with Crippen molar-refractivity contribution >= 4 is 67.2 Å². The van der Waals surface area contributed by atoms with Gasteiger partial charge in [-0.1, -0.05) is 146 Å². The van der Waals surface area contributed by atoms with Crippen LogP contribution in [0, 0.1) is 0 Å². The van der Waals surface area contributed by atoms with Crippen molar-refractivity contribution in [2.24, 2.45) is 0 Å². The van der Waals surface area contributed by atoms with Gasteiger partial charge in [-0.05, 0) is 95.6 Å². The zero-order valence-corrected chi connectivity index (χ0v) is 32.5. The quantitative estimate of drug-likeness (QED) is 0.146. The molecule has 11 rings (SSSR count). The van der Waals surface area contributed by atoms with E-state index >= 15 is 0 Å². The lowest BCUT2D eigenvalue weighted by molar-refractivity contribution is 0.620. The molecule has 0 unspecified atom stereocenters. The smallest absolute Gasteiger partial charge is 0.227 e. The van der Waals surface area contributed by atoms with Crippen molar-refractivity contribution < 1.29 is 8.83 Å². The Morgan fingerprint density at radius 2 is 0.883 bits per heavy atom. The fourth-order valence-corrected chi connectivity index (χ4v) is 8.25. The lowest BCUT2D eigenvalue weighted by Gasteiger charge is -2.30. The Kier molecular flexibility index (Phi) is 8.75. The number of nitrogens with zero attached hydrogens (tertiary/aromatic N) is 3. The van der Waals surface area contributed by atoms with Crippen LogP contribution >= 0.6 is 0 Å². The van der Waals surface area contributed by atoms with Gasteiger partial charge in [0.25, 0.3) is 0 Å². The van der Waals surface area contributed by atoms with E-state index in [0.29, 0.717) is 11.5 Å². The van der Waals surface area contributed by atoms with Crippen molar-refractivity contribution in [2.75, 3.05) is 9.80 Å². The van der Waals surface area contributed by atoms with Gasteiger partial charge in [0.1, 0.15) is 16.7 Å². The molecule has 5 heteroatoms. The third kappa shape index (κ3) is 6.35. The fraction of sp³-hybridized carbons (Fsp3) is 0. The highest BCUT2D eigenvalue weighted by molar-refractivity contribution is 6.07. The van der Waals surface area contributed by atoms with E-state index in [9.17, 15) is 0 Å². The summed E-state index contributed by atoms with van der Waals surface area (Å²) in [6.07, 6.45) is 0.